The molecule has 0 radical (unpaired) electrons. The Kier molecular flexibility index (Phi) is 24.8. The summed E-state index contributed by atoms with van der Waals surface area (Å²) in [6, 6.07) is -0.893. The summed E-state index contributed by atoms with van der Waals surface area (Å²) < 4.78 is 22.9. The third-order valence-electron chi connectivity index (χ3n) is 6.91. The molecule has 0 aromatic rings. The lowest BCUT2D eigenvalue weighted by molar-refractivity contribution is -0.870. The van der Waals surface area contributed by atoms with Gasteiger partial charge in [-0.2, -0.15) is 0 Å². The van der Waals surface area contributed by atoms with Crippen LogP contribution in [0.4, 0.5) is 0 Å². The summed E-state index contributed by atoms with van der Waals surface area (Å²) >= 11 is 0. The number of amides is 1. The average Bonchev–Trinajstić information content (AvgIpc) is 2.90. The zero-order valence-corrected chi connectivity index (χ0v) is 27.9. The van der Waals surface area contributed by atoms with Crippen LogP contribution in [-0.4, -0.2) is 68.5 Å². The number of allylic oxidation sites excluding steroid dienone is 3. The topological polar surface area (TPSA) is 108 Å². The number of hydrogen-bond donors (Lipinski definition) is 2. The molecule has 0 fully saturated rings. The lowest BCUT2D eigenvalue weighted by Gasteiger charge is -2.29. The molecule has 0 aliphatic rings. The molecule has 0 saturated carbocycles. The minimum absolute atomic E-state index is 0.00549. The van der Waals surface area contributed by atoms with Crippen LogP contribution in [0, 0.1) is 0 Å². The molecule has 242 valence electrons. The van der Waals surface area contributed by atoms with Gasteiger partial charge in [0, 0.05) is 6.42 Å². The van der Waals surface area contributed by atoms with Gasteiger partial charge in [0.15, 0.2) is 0 Å². The number of unbranched alkanes of at least 4 members (excludes halogenated alkanes) is 13. The fourth-order valence-corrected chi connectivity index (χ4v) is 4.95. The van der Waals surface area contributed by atoms with Crippen LogP contribution in [0.2, 0.25) is 0 Å². The number of phosphoric acid groups is 1. The van der Waals surface area contributed by atoms with Crippen LogP contribution >= 0.6 is 7.82 Å². The van der Waals surface area contributed by atoms with Gasteiger partial charge >= 0.3 is 0 Å². The summed E-state index contributed by atoms with van der Waals surface area (Å²) in [7, 11) is 1.24. The van der Waals surface area contributed by atoms with Crippen molar-refractivity contribution in [1.29, 1.82) is 0 Å². The van der Waals surface area contributed by atoms with E-state index in [4.69, 9.17) is 9.05 Å². The lowest BCUT2D eigenvalue weighted by Crippen LogP contribution is -2.45. The Bertz CT molecular complexity index is 738. The molecule has 8 nitrogen and oxygen atoms in total. The number of nitrogens with one attached hydrogen (secondary N) is 1. The Morgan fingerprint density at radius 1 is 0.829 bits per heavy atom. The summed E-state index contributed by atoms with van der Waals surface area (Å²) in [5.74, 6) is -0.215. The largest absolute Gasteiger partial charge is 0.756 e. The van der Waals surface area contributed by atoms with E-state index in [0.29, 0.717) is 17.4 Å². The minimum atomic E-state index is -4.57. The molecule has 3 atom stereocenters. The monoisotopic (exact) mass is 602 g/mol. The molecule has 9 heteroatoms. The van der Waals surface area contributed by atoms with E-state index < -0.39 is 26.6 Å². The third kappa shape index (κ3) is 27.6. The van der Waals surface area contributed by atoms with E-state index in [2.05, 4.69) is 31.3 Å². The zero-order valence-electron chi connectivity index (χ0n) is 27.0. The zero-order chi connectivity index (χ0) is 30.8. The highest BCUT2D eigenvalue weighted by Crippen LogP contribution is 2.38. The maximum absolute atomic E-state index is 12.6. The Morgan fingerprint density at radius 2 is 1.37 bits per heavy atom. The number of rotatable bonds is 28. The first kappa shape index (κ1) is 40.0. The number of aliphatic hydroxyl groups is 1. The van der Waals surface area contributed by atoms with Crippen LogP contribution in [0.15, 0.2) is 24.3 Å². The smallest absolute Gasteiger partial charge is 0.268 e. The molecule has 0 bridgehead atoms. The molecule has 0 aliphatic carbocycles. The summed E-state index contributed by atoms with van der Waals surface area (Å²) in [4.78, 5) is 24.9. The number of nitrogens with zero attached hydrogens (tertiary/aromatic N) is 1. The second-order valence-corrected chi connectivity index (χ2v) is 13.6. The number of aliphatic hydroxyl groups excluding tert-OH is 1. The van der Waals surface area contributed by atoms with Gasteiger partial charge in [-0.15, -0.1) is 0 Å². The molecule has 41 heavy (non-hydrogen) atoms. The van der Waals surface area contributed by atoms with Gasteiger partial charge in [0.25, 0.3) is 7.82 Å². The van der Waals surface area contributed by atoms with Gasteiger partial charge in [0.2, 0.25) is 5.91 Å². The highest BCUT2D eigenvalue weighted by molar-refractivity contribution is 7.45. The molecule has 0 saturated heterocycles. The lowest BCUT2D eigenvalue weighted by atomic mass is 10.1. The van der Waals surface area contributed by atoms with E-state index in [1.165, 1.54) is 64.2 Å². The number of hydrogen-bond acceptors (Lipinski definition) is 6. The Balaban J connectivity index is 4.69. The second-order valence-electron chi connectivity index (χ2n) is 12.2. The molecule has 0 rings (SSSR count). The summed E-state index contributed by atoms with van der Waals surface area (Å²) in [5.41, 5.74) is 0. The molecule has 2 N–H and O–H groups in total. The number of carbonyl (C=O) groups is 1. The van der Waals surface area contributed by atoms with Gasteiger partial charge in [0.1, 0.15) is 13.2 Å². The first-order chi connectivity index (χ1) is 19.5. The van der Waals surface area contributed by atoms with Crippen molar-refractivity contribution in [2.75, 3.05) is 40.9 Å². The first-order valence-electron chi connectivity index (χ1n) is 16.2. The molecule has 0 aliphatic heterocycles. The van der Waals surface area contributed by atoms with E-state index in [9.17, 15) is 19.4 Å². The van der Waals surface area contributed by atoms with Crippen LogP contribution in [0.5, 0.6) is 0 Å². The van der Waals surface area contributed by atoms with Crippen molar-refractivity contribution in [2.24, 2.45) is 0 Å². The minimum Gasteiger partial charge on any atom is -0.756 e. The predicted octanol–water partition coefficient (Wildman–Crippen LogP) is 6.82. The quantitative estimate of drug-likeness (QED) is 0.0440. The first-order valence-corrected chi connectivity index (χ1v) is 17.7. The summed E-state index contributed by atoms with van der Waals surface area (Å²) in [5, 5.41) is 13.5. The van der Waals surface area contributed by atoms with E-state index in [1.807, 2.05) is 27.2 Å². The van der Waals surface area contributed by atoms with Crippen molar-refractivity contribution in [2.45, 2.75) is 135 Å². The summed E-state index contributed by atoms with van der Waals surface area (Å²) in [6.45, 7) is 4.51. The number of carbonyl (C=O) groups excluding carboxylic acids is 1. The van der Waals surface area contributed by atoms with Crippen molar-refractivity contribution in [1.82, 2.24) is 5.32 Å². The van der Waals surface area contributed by atoms with Gasteiger partial charge in [0.05, 0.1) is 39.9 Å². The average molecular weight is 603 g/mol. The third-order valence-corrected chi connectivity index (χ3v) is 7.88. The highest BCUT2D eigenvalue weighted by Gasteiger charge is 2.23. The van der Waals surface area contributed by atoms with Crippen molar-refractivity contribution < 1.29 is 32.9 Å². The maximum atomic E-state index is 12.6. The predicted molar refractivity (Wildman–Crippen MR) is 168 cm³/mol. The maximum Gasteiger partial charge on any atom is 0.268 e. The van der Waals surface area contributed by atoms with Crippen LogP contribution in [-0.2, 0) is 18.4 Å². The van der Waals surface area contributed by atoms with Crippen molar-refractivity contribution >= 4 is 13.7 Å². The Hall–Kier alpha value is -1.02. The number of phosphoric ester groups is 1. The van der Waals surface area contributed by atoms with Crippen molar-refractivity contribution in [3.05, 3.63) is 24.3 Å². The molecule has 0 spiro atoms. The number of likely N-dealkylation sites (N-methyl/N-ethyl adjacent to an activating group) is 1. The fraction of sp³-hybridized carbons (Fsp3) is 0.844. The standard InChI is InChI=1S/C32H63N2O6P/c1-6-8-10-12-14-16-18-20-22-24-26-32(36)33-30(29-40-41(37,38)39-28-27-34(3,4)5)31(35)25-23-21-19-17-15-13-11-9-7-2/h15,17,23,25,30-31,35H,6-14,16,18-22,24,26-29H2,1-5H3,(H-,33,36,37,38)/b17-15+,25-23+/t30-,31+/m0/s1. The van der Waals surface area contributed by atoms with Crippen LogP contribution in [0.25, 0.3) is 0 Å². The molecule has 0 aromatic carbocycles. The molecule has 1 unspecified atom stereocenters. The fourth-order valence-electron chi connectivity index (χ4n) is 4.22. The molecule has 0 aromatic heterocycles. The van der Waals surface area contributed by atoms with Crippen LogP contribution < -0.4 is 10.2 Å². The van der Waals surface area contributed by atoms with E-state index in [0.717, 1.165) is 38.5 Å². The highest BCUT2D eigenvalue weighted by atomic mass is 31.2. The van der Waals surface area contributed by atoms with E-state index >= 15 is 0 Å². The van der Waals surface area contributed by atoms with Crippen LogP contribution in [0.3, 0.4) is 0 Å². The van der Waals surface area contributed by atoms with Crippen LogP contribution in [0.1, 0.15) is 123 Å². The molecule has 0 heterocycles. The second kappa shape index (κ2) is 25.5. The van der Waals surface area contributed by atoms with Crippen molar-refractivity contribution in [3.8, 4) is 0 Å². The van der Waals surface area contributed by atoms with Crippen molar-refractivity contribution in [3.63, 3.8) is 0 Å². The van der Waals surface area contributed by atoms with Gasteiger partial charge < -0.3 is 28.8 Å². The van der Waals surface area contributed by atoms with E-state index in [-0.39, 0.29) is 12.5 Å². The van der Waals surface area contributed by atoms with E-state index in [1.54, 1.807) is 6.08 Å². The van der Waals surface area contributed by atoms with Gasteiger partial charge in [-0.3, -0.25) is 9.36 Å². The normalized spacial score (nSPS) is 15.4. The molecular formula is C32H63N2O6P. The SMILES string of the molecule is CCCCC/C=C/CC/C=C/[C@@H](O)[C@H](COP(=O)([O-])OCC[N+](C)(C)C)NC(=O)CCCCCCCCCCCC. The Morgan fingerprint density at radius 3 is 1.98 bits per heavy atom. The van der Waals surface area contributed by atoms with Gasteiger partial charge in [-0.1, -0.05) is 109 Å². The summed E-state index contributed by atoms with van der Waals surface area (Å²) in [6.07, 6.45) is 25.2. The Labute approximate surface area is 252 Å². The molecular weight excluding hydrogens is 539 g/mol. The van der Waals surface area contributed by atoms with Gasteiger partial charge in [-0.05, 0) is 32.1 Å². The van der Waals surface area contributed by atoms with Gasteiger partial charge in [-0.25, -0.2) is 0 Å². The number of quaternary nitrogens is 1. The molecule has 1 amide bonds.